The van der Waals surface area contributed by atoms with Crippen molar-refractivity contribution in [3.05, 3.63) is 23.3 Å². The van der Waals surface area contributed by atoms with E-state index in [2.05, 4.69) is 18.6 Å². The van der Waals surface area contributed by atoms with E-state index in [0.29, 0.717) is 23.1 Å². The van der Waals surface area contributed by atoms with Gasteiger partial charge in [-0.15, -0.1) is 0 Å². The third-order valence-electron chi connectivity index (χ3n) is 4.30. The van der Waals surface area contributed by atoms with E-state index in [-0.39, 0.29) is 0 Å². The van der Waals surface area contributed by atoms with Gasteiger partial charge in [-0.05, 0) is 49.4 Å². The van der Waals surface area contributed by atoms with E-state index < -0.39 is 10.0 Å². The number of benzene rings is 1. The van der Waals surface area contributed by atoms with Crippen molar-refractivity contribution >= 4 is 10.0 Å². The van der Waals surface area contributed by atoms with Crippen molar-refractivity contribution in [1.29, 1.82) is 0 Å². The van der Waals surface area contributed by atoms with Gasteiger partial charge in [-0.1, -0.05) is 33.1 Å². The number of unbranched alkanes of at least 4 members (excludes halogenated alkanes) is 1. The van der Waals surface area contributed by atoms with Gasteiger partial charge >= 0.3 is 0 Å². The quantitative estimate of drug-likeness (QED) is 0.750. The van der Waals surface area contributed by atoms with E-state index in [9.17, 15) is 8.42 Å². The first kappa shape index (κ1) is 19.0. The molecule has 1 atom stereocenters. The van der Waals surface area contributed by atoms with Gasteiger partial charge in [-0.2, -0.15) is 0 Å². The van der Waals surface area contributed by atoms with Crippen LogP contribution in [-0.4, -0.2) is 22.1 Å². The molecule has 0 bridgehead atoms. The standard InChI is InChI=1S/C17H29NO3S/c1-6-8-9-15(7-2)12-18-22(19,20)17-11-10-16(21-5)13(3)14(17)4/h10-11,15,18H,6-9,12H2,1-5H3. The first-order chi connectivity index (χ1) is 10.4. The monoisotopic (exact) mass is 327 g/mol. The molecule has 1 aromatic rings. The maximum atomic E-state index is 12.5. The highest BCUT2D eigenvalue weighted by Gasteiger charge is 2.20. The van der Waals surface area contributed by atoms with Crippen molar-refractivity contribution in [3.8, 4) is 5.75 Å². The summed E-state index contributed by atoms with van der Waals surface area (Å²) in [5.41, 5.74) is 1.61. The van der Waals surface area contributed by atoms with E-state index in [1.165, 1.54) is 0 Å². The maximum absolute atomic E-state index is 12.5. The Balaban J connectivity index is 2.89. The van der Waals surface area contributed by atoms with Crippen LogP contribution in [0.15, 0.2) is 17.0 Å². The molecule has 0 aliphatic rings. The fourth-order valence-corrected chi connectivity index (χ4v) is 3.95. The number of hydrogen-bond acceptors (Lipinski definition) is 3. The third kappa shape index (κ3) is 4.71. The van der Waals surface area contributed by atoms with Crippen molar-refractivity contribution in [2.24, 2.45) is 5.92 Å². The number of rotatable bonds is 9. The van der Waals surface area contributed by atoms with Crippen molar-refractivity contribution in [2.75, 3.05) is 13.7 Å². The molecule has 1 aromatic carbocycles. The normalized spacial score (nSPS) is 13.1. The first-order valence-electron chi connectivity index (χ1n) is 8.01. The van der Waals surface area contributed by atoms with Crippen molar-refractivity contribution in [2.45, 2.75) is 58.3 Å². The predicted octanol–water partition coefficient (Wildman–Crippen LogP) is 3.81. The van der Waals surface area contributed by atoms with Crippen molar-refractivity contribution in [3.63, 3.8) is 0 Å². The average molecular weight is 327 g/mol. The maximum Gasteiger partial charge on any atom is 0.240 e. The zero-order chi connectivity index (χ0) is 16.8. The fraction of sp³-hybridized carbons (Fsp3) is 0.647. The smallest absolute Gasteiger partial charge is 0.240 e. The highest BCUT2D eigenvalue weighted by atomic mass is 32.2. The Hall–Kier alpha value is -1.07. The molecule has 22 heavy (non-hydrogen) atoms. The summed E-state index contributed by atoms with van der Waals surface area (Å²) in [5.74, 6) is 1.11. The van der Waals surface area contributed by atoms with Gasteiger partial charge in [0.1, 0.15) is 5.75 Å². The largest absolute Gasteiger partial charge is 0.496 e. The van der Waals surface area contributed by atoms with E-state index in [4.69, 9.17) is 4.74 Å². The van der Waals surface area contributed by atoms with Gasteiger partial charge < -0.3 is 4.74 Å². The van der Waals surface area contributed by atoms with Crippen LogP contribution in [0.1, 0.15) is 50.7 Å². The predicted molar refractivity (Wildman–Crippen MR) is 91.0 cm³/mol. The molecular formula is C17H29NO3S. The molecule has 0 aromatic heterocycles. The Morgan fingerprint density at radius 3 is 2.41 bits per heavy atom. The summed E-state index contributed by atoms with van der Waals surface area (Å²) in [6.07, 6.45) is 4.33. The van der Waals surface area contributed by atoms with Crippen LogP contribution in [0.2, 0.25) is 0 Å². The summed E-state index contributed by atoms with van der Waals surface area (Å²) in [6, 6.07) is 3.34. The molecule has 0 fully saturated rings. The van der Waals surface area contributed by atoms with Gasteiger partial charge in [0, 0.05) is 6.54 Å². The summed E-state index contributed by atoms with van der Waals surface area (Å²) in [7, 11) is -1.88. The molecule has 0 spiro atoms. The van der Waals surface area contributed by atoms with Crippen molar-refractivity contribution < 1.29 is 13.2 Å². The minimum atomic E-state index is -3.47. The van der Waals surface area contributed by atoms with E-state index in [0.717, 1.165) is 36.8 Å². The number of methoxy groups -OCH3 is 1. The van der Waals surface area contributed by atoms with Crippen LogP contribution in [0.5, 0.6) is 5.75 Å². The summed E-state index contributed by atoms with van der Waals surface area (Å²) in [5, 5.41) is 0. The van der Waals surface area contributed by atoms with Crippen LogP contribution in [-0.2, 0) is 10.0 Å². The lowest BCUT2D eigenvalue weighted by atomic mass is 10.00. The van der Waals surface area contributed by atoms with Crippen LogP contribution in [0.3, 0.4) is 0 Å². The lowest BCUT2D eigenvalue weighted by Gasteiger charge is -2.17. The zero-order valence-corrected chi connectivity index (χ0v) is 15.2. The Bertz CT molecular complexity index is 582. The Morgan fingerprint density at radius 1 is 1.18 bits per heavy atom. The molecule has 0 radical (unpaired) electrons. The minimum Gasteiger partial charge on any atom is -0.496 e. The lowest BCUT2D eigenvalue weighted by Crippen LogP contribution is -2.30. The number of ether oxygens (including phenoxy) is 1. The summed E-state index contributed by atoms with van der Waals surface area (Å²) < 4.78 is 33.1. The topological polar surface area (TPSA) is 55.4 Å². The van der Waals surface area contributed by atoms with Crippen LogP contribution in [0.4, 0.5) is 0 Å². The van der Waals surface area contributed by atoms with Crippen LogP contribution in [0.25, 0.3) is 0 Å². The van der Waals surface area contributed by atoms with Crippen LogP contribution < -0.4 is 9.46 Å². The molecule has 0 saturated heterocycles. The molecule has 0 saturated carbocycles. The van der Waals surface area contributed by atoms with Gasteiger partial charge in [0.2, 0.25) is 10.0 Å². The Kier molecular flexibility index (Phi) is 7.36. The number of hydrogen-bond donors (Lipinski definition) is 1. The van der Waals surface area contributed by atoms with Gasteiger partial charge in [-0.25, -0.2) is 13.1 Å². The second kappa shape index (κ2) is 8.53. The van der Waals surface area contributed by atoms with Crippen LogP contribution in [0, 0.1) is 19.8 Å². The summed E-state index contributed by atoms with van der Waals surface area (Å²) >= 11 is 0. The second-order valence-corrected chi connectivity index (χ2v) is 7.52. The molecule has 1 rings (SSSR count). The molecule has 0 aliphatic carbocycles. The lowest BCUT2D eigenvalue weighted by molar-refractivity contribution is 0.410. The Labute approximate surface area is 135 Å². The second-order valence-electron chi connectivity index (χ2n) is 5.78. The van der Waals surface area contributed by atoms with E-state index in [1.54, 1.807) is 19.2 Å². The highest BCUT2D eigenvalue weighted by molar-refractivity contribution is 7.89. The van der Waals surface area contributed by atoms with Gasteiger partial charge in [0.25, 0.3) is 0 Å². The number of sulfonamides is 1. The Morgan fingerprint density at radius 2 is 1.86 bits per heavy atom. The molecule has 5 heteroatoms. The summed E-state index contributed by atoms with van der Waals surface area (Å²) in [6.45, 7) is 8.46. The van der Waals surface area contributed by atoms with Gasteiger partial charge in [0.15, 0.2) is 0 Å². The molecule has 0 amide bonds. The molecule has 0 aliphatic heterocycles. The molecule has 0 heterocycles. The van der Waals surface area contributed by atoms with Gasteiger partial charge in [-0.3, -0.25) is 0 Å². The zero-order valence-electron chi connectivity index (χ0n) is 14.4. The molecular weight excluding hydrogens is 298 g/mol. The fourth-order valence-electron chi connectivity index (χ4n) is 2.53. The first-order valence-corrected chi connectivity index (χ1v) is 9.49. The average Bonchev–Trinajstić information content (AvgIpc) is 2.50. The summed E-state index contributed by atoms with van der Waals surface area (Å²) in [4.78, 5) is 0.344. The molecule has 4 nitrogen and oxygen atoms in total. The third-order valence-corrected chi connectivity index (χ3v) is 5.87. The van der Waals surface area contributed by atoms with E-state index >= 15 is 0 Å². The number of nitrogens with one attached hydrogen (secondary N) is 1. The molecule has 1 N–H and O–H groups in total. The van der Waals surface area contributed by atoms with Gasteiger partial charge in [0.05, 0.1) is 12.0 Å². The molecule has 126 valence electrons. The van der Waals surface area contributed by atoms with Crippen molar-refractivity contribution in [1.82, 2.24) is 4.72 Å². The SMILES string of the molecule is CCCCC(CC)CNS(=O)(=O)c1ccc(OC)c(C)c1C. The van der Waals surface area contributed by atoms with E-state index in [1.807, 2.05) is 13.8 Å². The highest BCUT2D eigenvalue weighted by Crippen LogP contribution is 2.26. The molecule has 1 unspecified atom stereocenters. The van der Waals surface area contributed by atoms with Crippen LogP contribution >= 0.6 is 0 Å². The minimum absolute atomic E-state index is 0.344.